The first-order valence-electron chi connectivity index (χ1n) is 1.90. The molecule has 1 aromatic rings. The SMILES string of the molecule is O=Cc1cc(Cl)sn1. The third kappa shape index (κ3) is 1.05. The van der Waals surface area contributed by atoms with Gasteiger partial charge in [-0.25, -0.2) is 0 Å². The van der Waals surface area contributed by atoms with Gasteiger partial charge in [0, 0.05) is 0 Å². The van der Waals surface area contributed by atoms with Gasteiger partial charge in [-0.1, -0.05) is 11.6 Å². The van der Waals surface area contributed by atoms with E-state index in [2.05, 4.69) is 4.37 Å². The minimum absolute atomic E-state index is 0.403. The van der Waals surface area contributed by atoms with Crippen molar-refractivity contribution in [2.75, 3.05) is 0 Å². The molecule has 0 radical (unpaired) electrons. The maximum absolute atomic E-state index is 9.91. The Hall–Kier alpha value is -0.410. The van der Waals surface area contributed by atoms with Gasteiger partial charge < -0.3 is 0 Å². The monoisotopic (exact) mass is 147 g/mol. The fourth-order valence-corrected chi connectivity index (χ4v) is 0.998. The van der Waals surface area contributed by atoms with Crippen LogP contribution < -0.4 is 0 Å². The highest BCUT2D eigenvalue weighted by Gasteiger charge is 1.94. The summed E-state index contributed by atoms with van der Waals surface area (Å²) in [6, 6.07) is 1.53. The zero-order valence-corrected chi connectivity index (χ0v) is 5.37. The summed E-state index contributed by atoms with van der Waals surface area (Å²) in [5.41, 5.74) is 0.403. The highest BCUT2D eigenvalue weighted by Crippen LogP contribution is 2.13. The van der Waals surface area contributed by atoms with E-state index in [0.29, 0.717) is 16.3 Å². The Labute approximate surface area is 55.3 Å². The van der Waals surface area contributed by atoms with Crippen molar-refractivity contribution in [3.63, 3.8) is 0 Å². The molecule has 0 fully saturated rings. The van der Waals surface area contributed by atoms with Gasteiger partial charge >= 0.3 is 0 Å². The maximum Gasteiger partial charge on any atom is 0.169 e. The summed E-state index contributed by atoms with van der Waals surface area (Å²) in [4.78, 5) is 9.91. The Balaban J connectivity index is 3.00. The van der Waals surface area contributed by atoms with E-state index in [1.165, 1.54) is 6.07 Å². The second-order valence-electron chi connectivity index (χ2n) is 1.17. The molecule has 0 bridgehead atoms. The van der Waals surface area contributed by atoms with Gasteiger partial charge in [-0.3, -0.25) is 4.79 Å². The van der Waals surface area contributed by atoms with E-state index in [-0.39, 0.29) is 0 Å². The van der Waals surface area contributed by atoms with Crippen molar-refractivity contribution in [2.24, 2.45) is 0 Å². The van der Waals surface area contributed by atoms with Crippen LogP contribution in [-0.2, 0) is 0 Å². The van der Waals surface area contributed by atoms with Gasteiger partial charge in [0.1, 0.15) is 10.0 Å². The summed E-state index contributed by atoms with van der Waals surface area (Å²) >= 11 is 6.55. The molecule has 1 aromatic heterocycles. The minimum Gasteiger partial charge on any atom is -0.296 e. The number of carbonyl (C=O) groups excluding carboxylic acids is 1. The molecule has 4 heteroatoms. The Kier molecular flexibility index (Phi) is 1.60. The van der Waals surface area contributed by atoms with Crippen molar-refractivity contribution in [1.29, 1.82) is 0 Å². The van der Waals surface area contributed by atoms with Crippen molar-refractivity contribution in [3.8, 4) is 0 Å². The fraction of sp³-hybridized carbons (Fsp3) is 0. The third-order valence-corrected chi connectivity index (χ3v) is 1.53. The van der Waals surface area contributed by atoms with Gasteiger partial charge in [-0.05, 0) is 17.6 Å². The number of nitrogens with zero attached hydrogens (tertiary/aromatic N) is 1. The molecule has 0 aliphatic rings. The molecule has 0 spiro atoms. The molecule has 42 valence electrons. The first kappa shape index (κ1) is 5.72. The summed E-state index contributed by atoms with van der Waals surface area (Å²) in [6.45, 7) is 0. The zero-order valence-electron chi connectivity index (χ0n) is 3.80. The van der Waals surface area contributed by atoms with E-state index in [9.17, 15) is 4.79 Å². The van der Waals surface area contributed by atoms with Crippen molar-refractivity contribution in [2.45, 2.75) is 0 Å². The molecule has 0 amide bonds. The molecule has 1 heterocycles. The van der Waals surface area contributed by atoms with E-state index >= 15 is 0 Å². The van der Waals surface area contributed by atoms with Gasteiger partial charge in [0.15, 0.2) is 6.29 Å². The van der Waals surface area contributed by atoms with Gasteiger partial charge in [0.25, 0.3) is 0 Å². The van der Waals surface area contributed by atoms with Crippen LogP contribution in [0.3, 0.4) is 0 Å². The highest BCUT2D eigenvalue weighted by atomic mass is 35.5. The number of carbonyl (C=O) groups is 1. The third-order valence-electron chi connectivity index (χ3n) is 0.620. The van der Waals surface area contributed by atoms with Gasteiger partial charge in [0.05, 0.1) is 0 Å². The maximum atomic E-state index is 9.91. The van der Waals surface area contributed by atoms with Crippen LogP contribution in [0, 0.1) is 0 Å². The van der Waals surface area contributed by atoms with Crippen LogP contribution in [0.4, 0.5) is 0 Å². The second kappa shape index (κ2) is 2.24. The van der Waals surface area contributed by atoms with Crippen LogP contribution in [0.25, 0.3) is 0 Å². The molecule has 0 saturated heterocycles. The number of hydrogen-bond acceptors (Lipinski definition) is 3. The van der Waals surface area contributed by atoms with E-state index in [4.69, 9.17) is 11.6 Å². The average Bonchev–Trinajstić information content (AvgIpc) is 2.14. The fourth-order valence-electron chi connectivity index (χ4n) is 0.321. The zero-order chi connectivity index (χ0) is 5.98. The van der Waals surface area contributed by atoms with Gasteiger partial charge in [-0.2, -0.15) is 4.37 Å². The number of aromatic nitrogens is 1. The van der Waals surface area contributed by atoms with Crippen LogP contribution in [0.2, 0.25) is 4.34 Å². The lowest BCUT2D eigenvalue weighted by molar-refractivity contribution is 0.112. The first-order valence-corrected chi connectivity index (χ1v) is 3.05. The van der Waals surface area contributed by atoms with Crippen molar-refractivity contribution in [3.05, 3.63) is 16.1 Å². The average molecular weight is 148 g/mol. The Bertz CT molecular complexity index is 198. The number of aldehydes is 1. The van der Waals surface area contributed by atoms with Crippen LogP contribution in [0.1, 0.15) is 10.5 Å². The molecule has 0 atom stereocenters. The molecule has 1 rings (SSSR count). The summed E-state index contributed by atoms with van der Waals surface area (Å²) in [7, 11) is 0. The molecule has 0 saturated carbocycles. The molecule has 0 aliphatic heterocycles. The lowest BCUT2D eigenvalue weighted by Crippen LogP contribution is -1.71. The molecule has 0 unspecified atom stereocenters. The van der Waals surface area contributed by atoms with E-state index in [1.54, 1.807) is 0 Å². The smallest absolute Gasteiger partial charge is 0.169 e. The number of rotatable bonds is 1. The Morgan fingerprint density at radius 2 is 2.62 bits per heavy atom. The molecular weight excluding hydrogens is 146 g/mol. The Morgan fingerprint density at radius 3 is 2.88 bits per heavy atom. The molecule has 0 aliphatic carbocycles. The number of hydrogen-bond donors (Lipinski definition) is 0. The summed E-state index contributed by atoms with van der Waals surface area (Å²) in [5.74, 6) is 0. The lowest BCUT2D eigenvalue weighted by Gasteiger charge is -1.65. The van der Waals surface area contributed by atoms with Crippen LogP contribution in [0.5, 0.6) is 0 Å². The van der Waals surface area contributed by atoms with E-state index < -0.39 is 0 Å². The minimum atomic E-state index is 0.403. The summed E-state index contributed by atoms with van der Waals surface area (Å²) in [5, 5.41) is 0. The quantitative estimate of drug-likeness (QED) is 0.565. The molecule has 0 N–H and O–H groups in total. The van der Waals surface area contributed by atoms with Crippen LogP contribution in [0.15, 0.2) is 6.07 Å². The van der Waals surface area contributed by atoms with Crippen molar-refractivity contribution in [1.82, 2.24) is 4.37 Å². The second-order valence-corrected chi connectivity index (χ2v) is 2.61. The van der Waals surface area contributed by atoms with Crippen LogP contribution in [-0.4, -0.2) is 10.7 Å². The molecule has 8 heavy (non-hydrogen) atoms. The van der Waals surface area contributed by atoms with Crippen LogP contribution >= 0.6 is 23.1 Å². The predicted molar refractivity (Wildman–Crippen MR) is 32.5 cm³/mol. The largest absolute Gasteiger partial charge is 0.296 e. The van der Waals surface area contributed by atoms with Gasteiger partial charge in [-0.15, -0.1) is 0 Å². The standard InChI is InChI=1S/C4H2ClNOS/c5-4-1-3(2-7)6-8-4/h1-2H. The summed E-state index contributed by atoms with van der Waals surface area (Å²) in [6.07, 6.45) is 0.669. The predicted octanol–water partition coefficient (Wildman–Crippen LogP) is 1.61. The normalized spacial score (nSPS) is 9.12. The number of halogens is 1. The van der Waals surface area contributed by atoms with Crippen molar-refractivity contribution < 1.29 is 4.79 Å². The van der Waals surface area contributed by atoms with Crippen molar-refractivity contribution >= 4 is 29.4 Å². The summed E-state index contributed by atoms with van der Waals surface area (Å²) < 4.78 is 4.22. The Morgan fingerprint density at radius 1 is 1.88 bits per heavy atom. The van der Waals surface area contributed by atoms with E-state index in [0.717, 1.165) is 11.5 Å². The molecular formula is C4H2ClNOS. The van der Waals surface area contributed by atoms with Gasteiger partial charge in [0.2, 0.25) is 0 Å². The molecule has 0 aromatic carbocycles. The van der Waals surface area contributed by atoms with E-state index in [1.807, 2.05) is 0 Å². The highest BCUT2D eigenvalue weighted by molar-refractivity contribution is 7.10. The topological polar surface area (TPSA) is 30.0 Å². The first-order chi connectivity index (χ1) is 3.83. The molecule has 2 nitrogen and oxygen atoms in total. The lowest BCUT2D eigenvalue weighted by atomic mass is 10.5.